The summed E-state index contributed by atoms with van der Waals surface area (Å²) in [4.78, 5) is 41.3. The van der Waals surface area contributed by atoms with Gasteiger partial charge in [0.1, 0.15) is 5.57 Å². The SMILES string of the molecule is C[C@@H]1CC(C)(C)N(C)c2cc(Cl)c(/C=C3\C(=O)NC(=O)N(c4ccc(Cl)cc4Cl)C3=O)cc21. The first-order valence-electron chi connectivity index (χ1n) is 10.3. The predicted octanol–water partition coefficient (Wildman–Crippen LogP) is 6.04. The van der Waals surface area contributed by atoms with Gasteiger partial charge in [-0.3, -0.25) is 14.9 Å². The second-order valence-electron chi connectivity index (χ2n) is 8.96. The summed E-state index contributed by atoms with van der Waals surface area (Å²) in [6.45, 7) is 6.49. The summed E-state index contributed by atoms with van der Waals surface area (Å²) in [6, 6.07) is 7.23. The minimum Gasteiger partial charge on any atom is -0.369 e. The maximum atomic E-state index is 13.2. The Bertz CT molecular complexity index is 1240. The van der Waals surface area contributed by atoms with Crippen LogP contribution in [0.25, 0.3) is 6.08 Å². The minimum absolute atomic E-state index is 0.0341. The normalized spacial score (nSPS) is 21.4. The fourth-order valence-electron chi connectivity index (χ4n) is 4.41. The van der Waals surface area contributed by atoms with E-state index in [-0.39, 0.29) is 27.7 Å². The molecule has 172 valence electrons. The Morgan fingerprint density at radius 2 is 1.73 bits per heavy atom. The first kappa shape index (κ1) is 23.6. The van der Waals surface area contributed by atoms with Crippen LogP contribution < -0.4 is 15.1 Å². The lowest BCUT2D eigenvalue weighted by atomic mass is 9.80. The number of halogens is 3. The number of carbonyl (C=O) groups is 3. The smallest absolute Gasteiger partial charge is 0.335 e. The van der Waals surface area contributed by atoms with Gasteiger partial charge in [0.2, 0.25) is 0 Å². The molecule has 0 aromatic heterocycles. The number of imide groups is 2. The van der Waals surface area contributed by atoms with Gasteiger partial charge in [-0.05, 0) is 73.7 Å². The standard InChI is InChI=1S/C24H22Cl3N3O3/c1-12-11-24(2,3)29(4)20-10-17(26)13(7-15(12)20)8-16-21(31)28-23(33)30(22(16)32)19-6-5-14(25)9-18(19)27/h5-10,12H,11H2,1-4H3,(H,28,31,33)/b16-8+/t12-/m1/s1. The number of amides is 4. The first-order valence-corrected chi connectivity index (χ1v) is 11.5. The Kier molecular flexibility index (Phi) is 5.97. The van der Waals surface area contributed by atoms with Crippen LogP contribution in [-0.4, -0.2) is 30.4 Å². The maximum Gasteiger partial charge on any atom is 0.335 e. The molecule has 0 bridgehead atoms. The number of hydrogen-bond donors (Lipinski definition) is 1. The van der Waals surface area contributed by atoms with E-state index in [0.717, 1.165) is 22.6 Å². The van der Waals surface area contributed by atoms with Crippen LogP contribution in [-0.2, 0) is 9.59 Å². The van der Waals surface area contributed by atoms with E-state index in [1.807, 2.05) is 19.2 Å². The van der Waals surface area contributed by atoms with Crippen molar-refractivity contribution in [3.05, 3.63) is 62.1 Å². The molecule has 4 rings (SSSR count). The molecule has 2 aliphatic heterocycles. The van der Waals surface area contributed by atoms with Crippen LogP contribution in [0.1, 0.15) is 44.2 Å². The van der Waals surface area contributed by atoms with E-state index in [0.29, 0.717) is 15.6 Å². The van der Waals surface area contributed by atoms with E-state index in [9.17, 15) is 14.4 Å². The summed E-state index contributed by atoms with van der Waals surface area (Å²) in [5.74, 6) is -1.35. The molecule has 0 unspecified atom stereocenters. The molecule has 2 aromatic carbocycles. The number of hydrogen-bond acceptors (Lipinski definition) is 4. The monoisotopic (exact) mass is 505 g/mol. The molecule has 33 heavy (non-hydrogen) atoms. The number of barbiturate groups is 1. The topological polar surface area (TPSA) is 69.7 Å². The van der Waals surface area contributed by atoms with Crippen molar-refractivity contribution in [2.75, 3.05) is 16.8 Å². The summed E-state index contributed by atoms with van der Waals surface area (Å²) in [5.41, 5.74) is 2.47. The zero-order chi connectivity index (χ0) is 24.2. The van der Waals surface area contributed by atoms with E-state index in [1.54, 1.807) is 0 Å². The van der Waals surface area contributed by atoms with Crippen LogP contribution in [0.2, 0.25) is 15.1 Å². The van der Waals surface area contributed by atoms with Gasteiger partial charge in [-0.1, -0.05) is 41.7 Å². The van der Waals surface area contributed by atoms with Crippen LogP contribution in [0.15, 0.2) is 35.9 Å². The van der Waals surface area contributed by atoms with Crippen molar-refractivity contribution in [2.45, 2.75) is 38.6 Å². The number of fused-ring (bicyclic) bond motifs is 1. The number of rotatable bonds is 2. The highest BCUT2D eigenvalue weighted by atomic mass is 35.5. The highest BCUT2D eigenvalue weighted by molar-refractivity contribution is 6.43. The number of nitrogens with zero attached hydrogens (tertiary/aromatic N) is 2. The summed E-state index contributed by atoms with van der Waals surface area (Å²) < 4.78 is 0. The summed E-state index contributed by atoms with van der Waals surface area (Å²) in [6.07, 6.45) is 2.35. The van der Waals surface area contributed by atoms with Crippen molar-refractivity contribution in [1.82, 2.24) is 5.32 Å². The fourth-order valence-corrected chi connectivity index (χ4v) is 5.12. The average molecular weight is 507 g/mol. The summed E-state index contributed by atoms with van der Waals surface area (Å²) >= 11 is 18.7. The van der Waals surface area contributed by atoms with E-state index < -0.39 is 17.8 Å². The molecule has 2 heterocycles. The fraction of sp³-hybridized carbons (Fsp3) is 0.292. The lowest BCUT2D eigenvalue weighted by Crippen LogP contribution is -2.54. The lowest BCUT2D eigenvalue weighted by molar-refractivity contribution is -0.122. The van der Waals surface area contributed by atoms with Crippen molar-refractivity contribution in [1.29, 1.82) is 0 Å². The molecule has 1 N–H and O–H groups in total. The van der Waals surface area contributed by atoms with Crippen molar-refractivity contribution < 1.29 is 14.4 Å². The van der Waals surface area contributed by atoms with Gasteiger partial charge in [-0.15, -0.1) is 0 Å². The van der Waals surface area contributed by atoms with Crippen LogP contribution in [0, 0.1) is 0 Å². The van der Waals surface area contributed by atoms with Gasteiger partial charge in [0.25, 0.3) is 11.8 Å². The highest BCUT2D eigenvalue weighted by Gasteiger charge is 2.38. The molecule has 1 fully saturated rings. The van der Waals surface area contributed by atoms with E-state index in [4.69, 9.17) is 34.8 Å². The second-order valence-corrected chi connectivity index (χ2v) is 10.2. The third-order valence-corrected chi connectivity index (χ3v) is 7.17. The second kappa shape index (κ2) is 8.35. The largest absolute Gasteiger partial charge is 0.369 e. The molecular formula is C24H22Cl3N3O3. The quantitative estimate of drug-likeness (QED) is 0.398. The van der Waals surface area contributed by atoms with E-state index in [2.05, 4.69) is 31.0 Å². The van der Waals surface area contributed by atoms with Gasteiger partial charge in [0.15, 0.2) is 0 Å². The van der Waals surface area contributed by atoms with Gasteiger partial charge >= 0.3 is 6.03 Å². The maximum absolute atomic E-state index is 13.2. The Morgan fingerprint density at radius 3 is 2.39 bits per heavy atom. The van der Waals surface area contributed by atoms with Gasteiger partial charge in [-0.2, -0.15) is 0 Å². The number of anilines is 2. The zero-order valence-electron chi connectivity index (χ0n) is 18.5. The minimum atomic E-state index is -0.889. The molecule has 1 saturated heterocycles. The summed E-state index contributed by atoms with van der Waals surface area (Å²) in [5, 5.41) is 3.04. The number of urea groups is 1. The number of nitrogens with one attached hydrogen (secondary N) is 1. The van der Waals surface area contributed by atoms with Gasteiger partial charge in [0, 0.05) is 28.3 Å². The Morgan fingerprint density at radius 1 is 1.03 bits per heavy atom. The van der Waals surface area contributed by atoms with Crippen LogP contribution in [0.3, 0.4) is 0 Å². The van der Waals surface area contributed by atoms with Gasteiger partial charge in [0.05, 0.1) is 10.7 Å². The molecule has 2 aliphatic rings. The summed E-state index contributed by atoms with van der Waals surface area (Å²) in [7, 11) is 2.02. The molecular weight excluding hydrogens is 485 g/mol. The molecule has 0 radical (unpaired) electrons. The van der Waals surface area contributed by atoms with E-state index in [1.165, 1.54) is 24.3 Å². The zero-order valence-corrected chi connectivity index (χ0v) is 20.8. The molecule has 4 amide bonds. The molecule has 9 heteroatoms. The third kappa shape index (κ3) is 4.12. The van der Waals surface area contributed by atoms with Crippen molar-refractivity contribution in [2.24, 2.45) is 0 Å². The first-order chi connectivity index (χ1) is 15.4. The Hall–Kier alpha value is -2.54. The third-order valence-electron chi connectivity index (χ3n) is 6.30. The molecule has 6 nitrogen and oxygen atoms in total. The molecule has 2 aromatic rings. The van der Waals surface area contributed by atoms with Crippen molar-refractivity contribution in [3.63, 3.8) is 0 Å². The van der Waals surface area contributed by atoms with E-state index >= 15 is 0 Å². The average Bonchev–Trinajstić information content (AvgIpc) is 2.71. The van der Waals surface area contributed by atoms with Crippen molar-refractivity contribution >= 4 is 70.1 Å². The number of benzene rings is 2. The molecule has 0 aliphatic carbocycles. The van der Waals surface area contributed by atoms with Gasteiger partial charge < -0.3 is 4.90 Å². The van der Waals surface area contributed by atoms with Gasteiger partial charge in [-0.25, -0.2) is 9.69 Å². The number of carbonyl (C=O) groups excluding carboxylic acids is 3. The van der Waals surface area contributed by atoms with Crippen LogP contribution >= 0.6 is 34.8 Å². The predicted molar refractivity (Wildman–Crippen MR) is 132 cm³/mol. The Balaban J connectivity index is 1.78. The molecule has 1 atom stereocenters. The molecule has 0 spiro atoms. The van der Waals surface area contributed by atoms with Crippen molar-refractivity contribution in [3.8, 4) is 0 Å². The Labute approximate surface area is 207 Å². The lowest BCUT2D eigenvalue weighted by Gasteiger charge is -2.45. The van der Waals surface area contributed by atoms with Crippen LogP contribution in [0.5, 0.6) is 0 Å². The van der Waals surface area contributed by atoms with Crippen LogP contribution in [0.4, 0.5) is 16.2 Å². The highest BCUT2D eigenvalue weighted by Crippen LogP contribution is 2.44. The molecule has 0 saturated carbocycles.